The fraction of sp³-hybridized carbons (Fsp3) is 0.294. The van der Waals surface area contributed by atoms with Gasteiger partial charge in [0.15, 0.2) is 6.29 Å². The number of carbonyl (C=O) groups excluding carboxylic acids is 2. The number of hydrogen-bond acceptors (Lipinski definition) is 2. The Morgan fingerprint density at radius 2 is 1.70 bits per heavy atom. The zero-order chi connectivity index (χ0) is 14.9. The Kier molecular flexibility index (Phi) is 3.62. The smallest absolute Gasteiger partial charge is 0.254 e. The number of hydrogen-bond donors (Lipinski definition) is 0. The van der Waals surface area contributed by atoms with E-state index in [1.54, 1.807) is 24.1 Å². The summed E-state index contributed by atoms with van der Waals surface area (Å²) in [6.45, 7) is 5.95. The van der Waals surface area contributed by atoms with Crippen LogP contribution in [0.25, 0.3) is 10.8 Å². The molecule has 3 nitrogen and oxygen atoms in total. The highest BCUT2D eigenvalue weighted by Crippen LogP contribution is 2.25. The summed E-state index contributed by atoms with van der Waals surface area (Å²) in [5.74, 6) is -0.0719. The fourth-order valence-corrected chi connectivity index (χ4v) is 2.13. The van der Waals surface area contributed by atoms with Crippen LogP contribution in [0.2, 0.25) is 0 Å². The van der Waals surface area contributed by atoms with Crippen molar-refractivity contribution in [1.29, 1.82) is 0 Å². The van der Waals surface area contributed by atoms with E-state index in [1.807, 2.05) is 45.0 Å². The number of nitrogens with zero attached hydrogens (tertiary/aromatic N) is 1. The van der Waals surface area contributed by atoms with Crippen molar-refractivity contribution in [2.45, 2.75) is 26.3 Å². The minimum Gasteiger partial charge on any atom is -0.337 e. The van der Waals surface area contributed by atoms with E-state index in [1.165, 1.54) is 0 Å². The molecule has 0 spiro atoms. The molecule has 0 fully saturated rings. The van der Waals surface area contributed by atoms with E-state index < -0.39 is 0 Å². The predicted molar refractivity (Wildman–Crippen MR) is 81.2 cm³/mol. The summed E-state index contributed by atoms with van der Waals surface area (Å²) in [6, 6.07) is 11.0. The van der Waals surface area contributed by atoms with Crippen LogP contribution in [0.5, 0.6) is 0 Å². The Bertz CT molecular complexity index is 663. The maximum atomic E-state index is 12.7. The molecular weight excluding hydrogens is 250 g/mol. The minimum absolute atomic E-state index is 0.0719. The van der Waals surface area contributed by atoms with E-state index >= 15 is 0 Å². The molecule has 104 valence electrons. The third-order valence-corrected chi connectivity index (χ3v) is 3.61. The Morgan fingerprint density at radius 3 is 2.25 bits per heavy atom. The maximum absolute atomic E-state index is 12.7. The lowest BCUT2D eigenvalue weighted by Crippen LogP contribution is -2.42. The number of benzene rings is 2. The SMILES string of the molecule is CN(C(=O)c1cccc2cccc(C=O)c12)C(C)(C)C. The van der Waals surface area contributed by atoms with E-state index in [4.69, 9.17) is 0 Å². The van der Waals surface area contributed by atoms with Gasteiger partial charge >= 0.3 is 0 Å². The topological polar surface area (TPSA) is 37.4 Å². The van der Waals surface area contributed by atoms with Crippen molar-refractivity contribution in [3.8, 4) is 0 Å². The van der Waals surface area contributed by atoms with Crippen molar-refractivity contribution in [3.63, 3.8) is 0 Å². The molecule has 2 aromatic carbocycles. The molecule has 0 aliphatic carbocycles. The van der Waals surface area contributed by atoms with Crippen molar-refractivity contribution < 1.29 is 9.59 Å². The number of rotatable bonds is 2. The minimum atomic E-state index is -0.268. The highest BCUT2D eigenvalue weighted by atomic mass is 16.2. The van der Waals surface area contributed by atoms with Gasteiger partial charge in [-0.3, -0.25) is 9.59 Å². The molecule has 3 heteroatoms. The summed E-state index contributed by atoms with van der Waals surface area (Å²) >= 11 is 0. The summed E-state index contributed by atoms with van der Waals surface area (Å²) in [7, 11) is 1.78. The van der Waals surface area contributed by atoms with Crippen LogP contribution >= 0.6 is 0 Å². The molecular formula is C17H19NO2. The van der Waals surface area contributed by atoms with Crippen LogP contribution in [-0.4, -0.2) is 29.7 Å². The van der Waals surface area contributed by atoms with Gasteiger partial charge in [-0.25, -0.2) is 0 Å². The van der Waals surface area contributed by atoms with Crippen molar-refractivity contribution in [2.75, 3.05) is 7.05 Å². The number of carbonyl (C=O) groups is 2. The van der Waals surface area contributed by atoms with Gasteiger partial charge in [0, 0.05) is 29.1 Å². The third-order valence-electron chi connectivity index (χ3n) is 3.61. The third kappa shape index (κ3) is 2.44. The first-order valence-corrected chi connectivity index (χ1v) is 6.61. The highest BCUT2D eigenvalue weighted by Gasteiger charge is 2.25. The quantitative estimate of drug-likeness (QED) is 0.782. The van der Waals surface area contributed by atoms with Crippen LogP contribution in [0.1, 0.15) is 41.5 Å². The van der Waals surface area contributed by atoms with Crippen LogP contribution in [0, 0.1) is 0 Å². The molecule has 0 unspecified atom stereocenters. The lowest BCUT2D eigenvalue weighted by molar-refractivity contribution is 0.0658. The van der Waals surface area contributed by atoms with E-state index in [0.29, 0.717) is 11.1 Å². The first-order chi connectivity index (χ1) is 9.36. The highest BCUT2D eigenvalue weighted by molar-refractivity contribution is 6.12. The molecule has 0 radical (unpaired) electrons. The van der Waals surface area contributed by atoms with Crippen molar-refractivity contribution in [1.82, 2.24) is 4.90 Å². The van der Waals surface area contributed by atoms with Crippen LogP contribution in [0.3, 0.4) is 0 Å². The average Bonchev–Trinajstić information content (AvgIpc) is 2.43. The molecule has 0 atom stereocenters. The lowest BCUT2D eigenvalue weighted by atomic mass is 9.97. The Labute approximate surface area is 119 Å². The molecule has 2 aromatic rings. The number of aldehydes is 1. The summed E-state index contributed by atoms with van der Waals surface area (Å²) in [6.07, 6.45) is 0.802. The van der Waals surface area contributed by atoms with Gasteiger partial charge in [-0.05, 0) is 32.2 Å². The predicted octanol–water partition coefficient (Wildman–Crippen LogP) is 3.52. The number of amides is 1. The Morgan fingerprint density at radius 1 is 1.10 bits per heavy atom. The van der Waals surface area contributed by atoms with Gasteiger partial charge in [-0.2, -0.15) is 0 Å². The van der Waals surface area contributed by atoms with Crippen LogP contribution in [0.4, 0.5) is 0 Å². The normalized spacial score (nSPS) is 11.4. The molecule has 2 rings (SSSR count). The molecule has 0 aromatic heterocycles. The van der Waals surface area contributed by atoms with E-state index in [9.17, 15) is 9.59 Å². The maximum Gasteiger partial charge on any atom is 0.254 e. The van der Waals surface area contributed by atoms with Crippen LogP contribution < -0.4 is 0 Å². The van der Waals surface area contributed by atoms with Gasteiger partial charge in [0.25, 0.3) is 5.91 Å². The fourth-order valence-electron chi connectivity index (χ4n) is 2.13. The summed E-state index contributed by atoms with van der Waals surface area (Å²) in [5, 5.41) is 1.63. The zero-order valence-corrected chi connectivity index (χ0v) is 12.3. The average molecular weight is 269 g/mol. The molecule has 0 bridgehead atoms. The summed E-state index contributed by atoms with van der Waals surface area (Å²) in [4.78, 5) is 25.6. The second-order valence-electron chi connectivity index (χ2n) is 5.90. The first kappa shape index (κ1) is 14.3. The Hall–Kier alpha value is -2.16. The summed E-state index contributed by atoms with van der Waals surface area (Å²) < 4.78 is 0. The second-order valence-corrected chi connectivity index (χ2v) is 5.90. The number of fused-ring (bicyclic) bond motifs is 1. The van der Waals surface area contributed by atoms with Crippen molar-refractivity contribution in [3.05, 3.63) is 47.5 Å². The molecule has 0 aliphatic rings. The standard InChI is InChI=1S/C17H19NO2/c1-17(2,3)18(4)16(20)14-10-6-8-12-7-5-9-13(11-19)15(12)14/h5-11H,1-4H3. The first-order valence-electron chi connectivity index (χ1n) is 6.61. The molecule has 0 saturated heterocycles. The molecule has 1 amide bonds. The van der Waals surface area contributed by atoms with Gasteiger partial charge in [0.05, 0.1) is 0 Å². The van der Waals surface area contributed by atoms with Gasteiger partial charge in [-0.15, -0.1) is 0 Å². The van der Waals surface area contributed by atoms with Gasteiger partial charge in [-0.1, -0.05) is 30.3 Å². The molecule has 20 heavy (non-hydrogen) atoms. The monoisotopic (exact) mass is 269 g/mol. The van der Waals surface area contributed by atoms with E-state index in [2.05, 4.69) is 0 Å². The van der Waals surface area contributed by atoms with Crippen molar-refractivity contribution in [2.24, 2.45) is 0 Å². The van der Waals surface area contributed by atoms with Crippen LogP contribution in [-0.2, 0) is 0 Å². The molecule has 0 N–H and O–H groups in total. The van der Waals surface area contributed by atoms with E-state index in [-0.39, 0.29) is 11.4 Å². The van der Waals surface area contributed by atoms with Gasteiger partial charge < -0.3 is 4.90 Å². The van der Waals surface area contributed by atoms with Crippen molar-refractivity contribution >= 4 is 23.0 Å². The largest absolute Gasteiger partial charge is 0.337 e. The van der Waals surface area contributed by atoms with Gasteiger partial charge in [0.2, 0.25) is 0 Å². The van der Waals surface area contributed by atoms with Gasteiger partial charge in [0.1, 0.15) is 0 Å². The zero-order valence-electron chi connectivity index (χ0n) is 12.3. The summed E-state index contributed by atoms with van der Waals surface area (Å²) in [5.41, 5.74) is 0.853. The molecule has 0 saturated carbocycles. The molecule has 0 aliphatic heterocycles. The molecule has 0 heterocycles. The van der Waals surface area contributed by atoms with Crippen LogP contribution in [0.15, 0.2) is 36.4 Å². The second kappa shape index (κ2) is 5.08. The van der Waals surface area contributed by atoms with E-state index in [0.717, 1.165) is 17.1 Å². The lowest BCUT2D eigenvalue weighted by Gasteiger charge is -2.32. The Balaban J connectivity index is 2.66.